The van der Waals surface area contributed by atoms with Crippen LogP contribution in [0, 0.1) is 0 Å². The molecule has 0 aliphatic rings. The normalized spacial score (nSPS) is 10.4. The lowest BCUT2D eigenvalue weighted by Crippen LogP contribution is -2.06. The molecule has 0 heterocycles. The molecule has 0 aliphatic carbocycles. The van der Waals surface area contributed by atoms with Gasteiger partial charge in [0.05, 0.1) is 12.7 Å². The number of rotatable bonds is 7. The molecule has 24 heavy (non-hydrogen) atoms. The van der Waals surface area contributed by atoms with Crippen molar-refractivity contribution in [1.29, 1.82) is 0 Å². The van der Waals surface area contributed by atoms with E-state index in [2.05, 4.69) is 6.92 Å². The molecule has 0 unspecified atom stereocenters. The molecule has 2 rings (SSSR count). The maximum atomic E-state index is 12.2. The number of benzene rings is 2. The first-order chi connectivity index (χ1) is 11.5. The van der Waals surface area contributed by atoms with Gasteiger partial charge in [-0.05, 0) is 42.2 Å². The van der Waals surface area contributed by atoms with Crippen molar-refractivity contribution in [2.45, 2.75) is 32.6 Å². The number of ether oxygens (including phenoxy) is 1. The Morgan fingerprint density at radius 1 is 1.08 bits per heavy atom. The fourth-order valence-electron chi connectivity index (χ4n) is 2.57. The third-order valence-corrected chi connectivity index (χ3v) is 3.94. The van der Waals surface area contributed by atoms with E-state index >= 15 is 0 Å². The molecule has 0 spiro atoms. The van der Waals surface area contributed by atoms with Crippen LogP contribution in [0.5, 0.6) is 0 Å². The van der Waals surface area contributed by atoms with Crippen LogP contribution in [0.1, 0.15) is 58.0 Å². The zero-order valence-corrected chi connectivity index (χ0v) is 14.2. The second kappa shape index (κ2) is 8.29. The zero-order valence-electron chi connectivity index (χ0n) is 14.2. The minimum absolute atomic E-state index is 0.172. The fourth-order valence-corrected chi connectivity index (χ4v) is 2.57. The van der Waals surface area contributed by atoms with Crippen molar-refractivity contribution in [1.82, 2.24) is 0 Å². The van der Waals surface area contributed by atoms with Crippen LogP contribution in [-0.4, -0.2) is 18.9 Å². The van der Waals surface area contributed by atoms with E-state index in [1.165, 1.54) is 7.11 Å². The molecule has 0 saturated heterocycles. The van der Waals surface area contributed by atoms with Crippen molar-refractivity contribution in [2.75, 3.05) is 12.8 Å². The Labute approximate surface area is 142 Å². The van der Waals surface area contributed by atoms with Gasteiger partial charge < -0.3 is 10.5 Å². The van der Waals surface area contributed by atoms with E-state index in [4.69, 9.17) is 10.5 Å². The quantitative estimate of drug-likeness (QED) is 0.474. The van der Waals surface area contributed by atoms with Crippen LogP contribution in [0.2, 0.25) is 0 Å². The van der Waals surface area contributed by atoms with Crippen LogP contribution in [-0.2, 0) is 11.2 Å². The maximum Gasteiger partial charge on any atom is 0.339 e. The van der Waals surface area contributed by atoms with E-state index in [-0.39, 0.29) is 5.78 Å². The molecule has 0 amide bonds. The summed E-state index contributed by atoms with van der Waals surface area (Å²) in [6.45, 7) is 2.07. The van der Waals surface area contributed by atoms with E-state index in [1.54, 1.807) is 12.1 Å². The summed E-state index contributed by atoms with van der Waals surface area (Å²) in [5.74, 6) is -0.274. The number of nitrogen functional groups attached to an aromatic ring is 1. The molecule has 0 aromatic heterocycles. The Hall–Kier alpha value is -2.62. The van der Waals surface area contributed by atoms with Crippen molar-refractivity contribution < 1.29 is 14.3 Å². The number of carbonyl (C=O) groups excluding carboxylic acids is 2. The highest BCUT2D eigenvalue weighted by Gasteiger charge is 2.11. The first kappa shape index (κ1) is 17.7. The number of carbonyl (C=O) groups is 2. The summed E-state index contributed by atoms with van der Waals surface area (Å²) >= 11 is 0. The van der Waals surface area contributed by atoms with E-state index in [0.29, 0.717) is 24.1 Å². The zero-order chi connectivity index (χ0) is 17.5. The monoisotopic (exact) mass is 325 g/mol. The van der Waals surface area contributed by atoms with Gasteiger partial charge in [0.1, 0.15) is 0 Å². The number of hydrogen-bond donors (Lipinski definition) is 1. The molecule has 0 aliphatic heterocycles. The predicted octanol–water partition coefficient (Wildman–Crippen LogP) is 4.02. The third kappa shape index (κ3) is 4.44. The van der Waals surface area contributed by atoms with Crippen LogP contribution in [0.3, 0.4) is 0 Å². The van der Waals surface area contributed by atoms with E-state index in [9.17, 15) is 9.59 Å². The molecular formula is C20H23NO3. The van der Waals surface area contributed by atoms with Crippen LogP contribution in [0.15, 0.2) is 42.5 Å². The van der Waals surface area contributed by atoms with Crippen molar-refractivity contribution in [3.63, 3.8) is 0 Å². The molecule has 0 fully saturated rings. The lowest BCUT2D eigenvalue weighted by atomic mass is 9.98. The number of methoxy groups -OCH3 is 1. The summed E-state index contributed by atoms with van der Waals surface area (Å²) in [7, 11) is 1.33. The molecule has 4 heteroatoms. The smallest absolute Gasteiger partial charge is 0.339 e. The SMILES string of the molecule is CCCCC(=O)c1cccc(Cc2ccc(N)c(C(=O)OC)c2)c1. The van der Waals surface area contributed by atoms with Crippen LogP contribution in [0.25, 0.3) is 0 Å². The summed E-state index contributed by atoms with van der Waals surface area (Å²) in [6.07, 6.45) is 3.12. The highest BCUT2D eigenvalue weighted by atomic mass is 16.5. The van der Waals surface area contributed by atoms with Crippen molar-refractivity contribution >= 4 is 17.4 Å². The van der Waals surface area contributed by atoms with Crippen molar-refractivity contribution in [2.24, 2.45) is 0 Å². The summed E-state index contributed by atoms with van der Waals surface area (Å²) in [6, 6.07) is 13.0. The van der Waals surface area contributed by atoms with Gasteiger partial charge in [0.15, 0.2) is 5.78 Å². The first-order valence-corrected chi connectivity index (χ1v) is 8.14. The largest absolute Gasteiger partial charge is 0.465 e. The maximum absolute atomic E-state index is 12.2. The Kier molecular flexibility index (Phi) is 6.13. The van der Waals surface area contributed by atoms with Gasteiger partial charge in [0.25, 0.3) is 0 Å². The summed E-state index contributed by atoms with van der Waals surface area (Å²) in [4.78, 5) is 23.9. The van der Waals surface area contributed by atoms with Crippen molar-refractivity contribution in [3.05, 3.63) is 64.7 Å². The lowest BCUT2D eigenvalue weighted by Gasteiger charge is -2.08. The Morgan fingerprint density at radius 3 is 2.54 bits per heavy atom. The standard InChI is InChI=1S/C20H23NO3/c1-3-4-8-19(22)16-7-5-6-14(12-16)11-15-9-10-18(21)17(13-15)20(23)24-2/h5-7,9-10,12-13H,3-4,8,11,21H2,1-2H3. The van der Waals surface area contributed by atoms with Crippen LogP contribution >= 0.6 is 0 Å². The molecule has 0 radical (unpaired) electrons. The van der Waals surface area contributed by atoms with Gasteiger partial charge in [-0.3, -0.25) is 4.79 Å². The highest BCUT2D eigenvalue weighted by molar-refractivity contribution is 5.96. The number of anilines is 1. The number of unbranched alkanes of at least 4 members (excludes halogenated alkanes) is 1. The minimum Gasteiger partial charge on any atom is -0.465 e. The van der Waals surface area contributed by atoms with Gasteiger partial charge in [-0.2, -0.15) is 0 Å². The van der Waals surface area contributed by atoms with Gasteiger partial charge >= 0.3 is 5.97 Å². The van der Waals surface area contributed by atoms with Gasteiger partial charge in [-0.25, -0.2) is 4.79 Å². The number of esters is 1. The predicted molar refractivity (Wildman–Crippen MR) is 95.3 cm³/mol. The molecule has 126 valence electrons. The molecule has 4 nitrogen and oxygen atoms in total. The summed E-state index contributed by atoms with van der Waals surface area (Å²) in [5.41, 5.74) is 9.30. The highest BCUT2D eigenvalue weighted by Crippen LogP contribution is 2.19. The molecule has 2 aromatic carbocycles. The van der Waals surface area contributed by atoms with Gasteiger partial charge in [0, 0.05) is 17.7 Å². The molecular weight excluding hydrogens is 302 g/mol. The lowest BCUT2D eigenvalue weighted by molar-refractivity contribution is 0.0601. The van der Waals surface area contributed by atoms with E-state index < -0.39 is 5.97 Å². The van der Waals surface area contributed by atoms with E-state index in [1.807, 2.05) is 30.3 Å². The average molecular weight is 325 g/mol. The molecule has 2 N–H and O–H groups in total. The van der Waals surface area contributed by atoms with Gasteiger partial charge in [-0.15, -0.1) is 0 Å². The second-order valence-electron chi connectivity index (χ2n) is 5.82. The number of ketones is 1. The molecule has 0 saturated carbocycles. The van der Waals surface area contributed by atoms with Crippen molar-refractivity contribution in [3.8, 4) is 0 Å². The van der Waals surface area contributed by atoms with Crippen LogP contribution < -0.4 is 5.73 Å². The Balaban J connectivity index is 2.19. The third-order valence-electron chi connectivity index (χ3n) is 3.94. The fraction of sp³-hybridized carbons (Fsp3) is 0.300. The molecule has 0 atom stereocenters. The van der Waals surface area contributed by atoms with Gasteiger partial charge in [-0.1, -0.05) is 37.6 Å². The van der Waals surface area contributed by atoms with Gasteiger partial charge in [0.2, 0.25) is 0 Å². The summed E-state index contributed by atoms with van der Waals surface area (Å²) < 4.78 is 4.75. The second-order valence-corrected chi connectivity index (χ2v) is 5.82. The number of nitrogens with two attached hydrogens (primary N) is 1. The van der Waals surface area contributed by atoms with Crippen LogP contribution in [0.4, 0.5) is 5.69 Å². The number of Topliss-reactive ketones (excluding diaryl/α,β-unsaturated/α-hetero) is 1. The molecule has 2 aromatic rings. The molecule has 0 bridgehead atoms. The topological polar surface area (TPSA) is 69.4 Å². The average Bonchev–Trinajstić information content (AvgIpc) is 2.60. The van der Waals surface area contributed by atoms with E-state index in [0.717, 1.165) is 29.5 Å². The summed E-state index contributed by atoms with van der Waals surface area (Å²) in [5, 5.41) is 0. The Morgan fingerprint density at radius 2 is 1.83 bits per heavy atom. The number of hydrogen-bond acceptors (Lipinski definition) is 4. The minimum atomic E-state index is -0.446. The Bertz CT molecular complexity index is 737. The first-order valence-electron chi connectivity index (χ1n) is 8.14.